The standard InChI is InChI=1S/C15H18ClNO4/c1-2-3-12(15(19)20)17-14(18)10-6-9-7-11(16)4-5-13(9)21-8-10/h4-5,7,10,12H,2-3,6,8H2,1H3,(H,17,18)(H,19,20). The Morgan fingerprint density at radius 1 is 1.52 bits per heavy atom. The van der Waals surface area contributed by atoms with Crippen LogP contribution in [0.5, 0.6) is 5.75 Å². The van der Waals surface area contributed by atoms with Crippen LogP contribution in [0.3, 0.4) is 0 Å². The van der Waals surface area contributed by atoms with Gasteiger partial charge in [-0.15, -0.1) is 0 Å². The number of carbonyl (C=O) groups is 2. The van der Waals surface area contributed by atoms with Crippen LogP contribution < -0.4 is 10.1 Å². The molecule has 0 spiro atoms. The maximum Gasteiger partial charge on any atom is 0.326 e. The minimum Gasteiger partial charge on any atom is -0.492 e. The zero-order valence-corrected chi connectivity index (χ0v) is 12.5. The molecule has 1 heterocycles. The average molecular weight is 312 g/mol. The zero-order chi connectivity index (χ0) is 15.4. The van der Waals surface area contributed by atoms with E-state index in [9.17, 15) is 9.59 Å². The first-order valence-electron chi connectivity index (χ1n) is 6.95. The van der Waals surface area contributed by atoms with Crippen molar-refractivity contribution in [2.45, 2.75) is 32.2 Å². The molecule has 2 atom stereocenters. The van der Waals surface area contributed by atoms with Gasteiger partial charge in [-0.05, 0) is 36.6 Å². The van der Waals surface area contributed by atoms with E-state index in [1.165, 1.54) is 0 Å². The summed E-state index contributed by atoms with van der Waals surface area (Å²) in [6, 6.07) is 4.45. The fourth-order valence-corrected chi connectivity index (χ4v) is 2.56. The highest BCUT2D eigenvalue weighted by atomic mass is 35.5. The number of carbonyl (C=O) groups excluding carboxylic acids is 1. The number of nitrogens with one attached hydrogen (secondary N) is 1. The van der Waals surface area contributed by atoms with Gasteiger partial charge in [0.2, 0.25) is 5.91 Å². The van der Waals surface area contributed by atoms with E-state index in [4.69, 9.17) is 21.4 Å². The summed E-state index contributed by atoms with van der Waals surface area (Å²) in [5.74, 6) is -0.965. The number of benzene rings is 1. The van der Waals surface area contributed by atoms with E-state index in [0.29, 0.717) is 24.3 Å². The molecule has 6 heteroatoms. The van der Waals surface area contributed by atoms with Gasteiger partial charge in [0, 0.05) is 5.02 Å². The maximum absolute atomic E-state index is 12.2. The molecule has 1 aliphatic rings. The van der Waals surface area contributed by atoms with Gasteiger partial charge in [-0.25, -0.2) is 4.79 Å². The third-order valence-electron chi connectivity index (χ3n) is 3.49. The lowest BCUT2D eigenvalue weighted by molar-refractivity contribution is -0.143. The number of aliphatic carboxylic acids is 1. The van der Waals surface area contributed by atoms with Crippen molar-refractivity contribution in [2.75, 3.05) is 6.61 Å². The van der Waals surface area contributed by atoms with Crippen molar-refractivity contribution < 1.29 is 19.4 Å². The molecule has 0 aromatic heterocycles. The van der Waals surface area contributed by atoms with Crippen molar-refractivity contribution in [1.82, 2.24) is 5.32 Å². The Hall–Kier alpha value is -1.75. The lowest BCUT2D eigenvalue weighted by Gasteiger charge is -2.26. The van der Waals surface area contributed by atoms with Crippen LogP contribution in [0.1, 0.15) is 25.3 Å². The lowest BCUT2D eigenvalue weighted by Crippen LogP contribution is -2.46. The van der Waals surface area contributed by atoms with E-state index in [1.807, 2.05) is 6.92 Å². The summed E-state index contributed by atoms with van der Waals surface area (Å²) in [5.41, 5.74) is 0.872. The van der Waals surface area contributed by atoms with E-state index >= 15 is 0 Å². The maximum atomic E-state index is 12.2. The molecular formula is C15H18ClNO4. The molecule has 2 rings (SSSR count). The van der Waals surface area contributed by atoms with Gasteiger partial charge in [0.15, 0.2) is 0 Å². The molecule has 0 saturated carbocycles. The Morgan fingerprint density at radius 3 is 2.95 bits per heavy atom. The van der Waals surface area contributed by atoms with E-state index in [1.54, 1.807) is 18.2 Å². The van der Waals surface area contributed by atoms with E-state index in [2.05, 4.69) is 5.32 Å². The van der Waals surface area contributed by atoms with E-state index in [0.717, 1.165) is 11.3 Å². The highest BCUT2D eigenvalue weighted by molar-refractivity contribution is 6.30. The summed E-state index contributed by atoms with van der Waals surface area (Å²) in [6.07, 6.45) is 1.61. The molecule has 2 N–H and O–H groups in total. The van der Waals surface area contributed by atoms with Crippen LogP contribution in [0.2, 0.25) is 5.02 Å². The Balaban J connectivity index is 2.03. The quantitative estimate of drug-likeness (QED) is 0.874. The van der Waals surface area contributed by atoms with Crippen LogP contribution in [-0.4, -0.2) is 29.6 Å². The molecule has 2 unspecified atom stereocenters. The molecule has 0 fully saturated rings. The number of fused-ring (bicyclic) bond motifs is 1. The second-order valence-electron chi connectivity index (χ2n) is 5.15. The molecule has 1 amide bonds. The number of ether oxygens (including phenoxy) is 1. The third-order valence-corrected chi connectivity index (χ3v) is 3.73. The van der Waals surface area contributed by atoms with E-state index in [-0.39, 0.29) is 12.5 Å². The van der Waals surface area contributed by atoms with Crippen molar-refractivity contribution in [3.05, 3.63) is 28.8 Å². The van der Waals surface area contributed by atoms with Crippen LogP contribution in [0.15, 0.2) is 18.2 Å². The van der Waals surface area contributed by atoms with Gasteiger partial charge in [0.25, 0.3) is 0 Å². The highest BCUT2D eigenvalue weighted by Gasteiger charge is 2.29. The number of hydrogen-bond donors (Lipinski definition) is 2. The van der Waals surface area contributed by atoms with Crippen molar-refractivity contribution >= 4 is 23.5 Å². The Bertz CT molecular complexity index is 546. The van der Waals surface area contributed by atoms with Crippen molar-refractivity contribution in [1.29, 1.82) is 0 Å². The number of halogens is 1. The second-order valence-corrected chi connectivity index (χ2v) is 5.59. The second kappa shape index (κ2) is 6.80. The van der Waals surface area contributed by atoms with Gasteiger partial charge < -0.3 is 15.2 Å². The van der Waals surface area contributed by atoms with Gasteiger partial charge in [-0.2, -0.15) is 0 Å². The van der Waals surface area contributed by atoms with Crippen LogP contribution in [0.25, 0.3) is 0 Å². The molecule has 0 aliphatic carbocycles. The average Bonchev–Trinajstić information content (AvgIpc) is 2.45. The summed E-state index contributed by atoms with van der Waals surface area (Å²) in [5, 5.41) is 12.3. The van der Waals surface area contributed by atoms with Crippen molar-refractivity contribution in [3.8, 4) is 5.75 Å². The summed E-state index contributed by atoms with van der Waals surface area (Å²) >= 11 is 5.94. The monoisotopic (exact) mass is 311 g/mol. The molecule has 5 nitrogen and oxygen atoms in total. The first-order valence-corrected chi connectivity index (χ1v) is 7.33. The number of rotatable bonds is 5. The topological polar surface area (TPSA) is 75.6 Å². The number of hydrogen-bond acceptors (Lipinski definition) is 3. The summed E-state index contributed by atoms with van der Waals surface area (Å²) in [4.78, 5) is 23.3. The highest BCUT2D eigenvalue weighted by Crippen LogP contribution is 2.29. The van der Waals surface area contributed by atoms with Gasteiger partial charge in [-0.1, -0.05) is 24.9 Å². The minimum absolute atomic E-state index is 0.249. The summed E-state index contributed by atoms with van der Waals surface area (Å²) in [7, 11) is 0. The van der Waals surface area contributed by atoms with Crippen LogP contribution in [0.4, 0.5) is 0 Å². The SMILES string of the molecule is CCCC(NC(=O)C1COc2ccc(Cl)cc2C1)C(=O)O. The van der Waals surface area contributed by atoms with Crippen molar-refractivity contribution in [3.63, 3.8) is 0 Å². The summed E-state index contributed by atoms with van der Waals surface area (Å²) in [6.45, 7) is 2.13. The molecule has 0 radical (unpaired) electrons. The Morgan fingerprint density at radius 2 is 2.29 bits per heavy atom. The first-order chi connectivity index (χ1) is 10.0. The molecule has 0 saturated heterocycles. The van der Waals surface area contributed by atoms with Crippen LogP contribution in [0, 0.1) is 5.92 Å². The fraction of sp³-hybridized carbons (Fsp3) is 0.467. The fourth-order valence-electron chi connectivity index (χ4n) is 2.37. The zero-order valence-electron chi connectivity index (χ0n) is 11.8. The summed E-state index contributed by atoms with van der Waals surface area (Å²) < 4.78 is 5.55. The van der Waals surface area contributed by atoms with Gasteiger partial charge in [0.1, 0.15) is 18.4 Å². The molecule has 0 bridgehead atoms. The van der Waals surface area contributed by atoms with Gasteiger partial charge in [-0.3, -0.25) is 4.79 Å². The lowest BCUT2D eigenvalue weighted by atomic mass is 9.95. The van der Waals surface area contributed by atoms with E-state index < -0.39 is 17.9 Å². The smallest absolute Gasteiger partial charge is 0.326 e. The number of amides is 1. The Kier molecular flexibility index (Phi) is 5.07. The predicted octanol–water partition coefficient (Wildman–Crippen LogP) is 2.26. The number of carboxylic acids is 1. The largest absolute Gasteiger partial charge is 0.492 e. The molecule has 114 valence electrons. The molecular weight excluding hydrogens is 294 g/mol. The normalized spacial score (nSPS) is 18.3. The Labute approximate surface area is 128 Å². The first kappa shape index (κ1) is 15.6. The molecule has 1 aliphatic heterocycles. The van der Waals surface area contributed by atoms with Gasteiger partial charge in [0.05, 0.1) is 5.92 Å². The molecule has 1 aromatic carbocycles. The van der Waals surface area contributed by atoms with Gasteiger partial charge >= 0.3 is 5.97 Å². The van der Waals surface area contributed by atoms with Crippen LogP contribution in [-0.2, 0) is 16.0 Å². The molecule has 21 heavy (non-hydrogen) atoms. The minimum atomic E-state index is -1.01. The predicted molar refractivity (Wildman–Crippen MR) is 78.6 cm³/mol. The molecule has 1 aromatic rings. The number of carboxylic acid groups (broad SMARTS) is 1. The third kappa shape index (κ3) is 3.88. The van der Waals surface area contributed by atoms with Crippen molar-refractivity contribution in [2.24, 2.45) is 5.92 Å². The van der Waals surface area contributed by atoms with Crippen LogP contribution >= 0.6 is 11.6 Å².